The molecule has 1 aromatic heterocycles. The summed E-state index contributed by atoms with van der Waals surface area (Å²) < 4.78 is 5.07. The molecule has 0 aliphatic heterocycles. The van der Waals surface area contributed by atoms with Crippen LogP contribution in [-0.2, 0) is 6.54 Å². The van der Waals surface area contributed by atoms with Gasteiger partial charge in [-0.2, -0.15) is 0 Å². The molecule has 0 spiro atoms. The van der Waals surface area contributed by atoms with Gasteiger partial charge < -0.3 is 14.9 Å². The van der Waals surface area contributed by atoms with Crippen LogP contribution in [0.1, 0.15) is 37.8 Å². The monoisotopic (exact) mass is 226 g/mol. The second-order valence-corrected chi connectivity index (χ2v) is 4.92. The first-order chi connectivity index (χ1) is 7.34. The first-order valence-electron chi connectivity index (χ1n) is 5.69. The predicted octanol–water partition coefficient (Wildman–Crippen LogP) is 1.79. The van der Waals surface area contributed by atoms with E-state index in [1.807, 2.05) is 34.6 Å². The maximum absolute atomic E-state index is 10.1. The molecular formula is C12H22N2O2. The van der Waals surface area contributed by atoms with Crippen LogP contribution < -0.4 is 5.32 Å². The van der Waals surface area contributed by atoms with Crippen molar-refractivity contribution in [3.05, 3.63) is 17.0 Å². The van der Waals surface area contributed by atoms with E-state index >= 15 is 0 Å². The molecule has 0 fully saturated rings. The second-order valence-electron chi connectivity index (χ2n) is 4.92. The van der Waals surface area contributed by atoms with Gasteiger partial charge in [-0.15, -0.1) is 0 Å². The largest absolute Gasteiger partial charge is 0.389 e. The molecule has 1 aromatic rings. The summed E-state index contributed by atoms with van der Waals surface area (Å²) in [5, 5.41) is 17.2. The number of nitrogens with one attached hydrogen (secondary N) is 1. The molecule has 0 bridgehead atoms. The molecule has 0 aliphatic rings. The molecular weight excluding hydrogens is 204 g/mol. The summed E-state index contributed by atoms with van der Waals surface area (Å²) in [6, 6.07) is 0. The molecule has 0 amide bonds. The average molecular weight is 226 g/mol. The van der Waals surface area contributed by atoms with Gasteiger partial charge in [-0.3, -0.25) is 0 Å². The Morgan fingerprint density at radius 2 is 2.06 bits per heavy atom. The van der Waals surface area contributed by atoms with Crippen molar-refractivity contribution in [2.24, 2.45) is 5.92 Å². The van der Waals surface area contributed by atoms with Crippen LogP contribution in [0.3, 0.4) is 0 Å². The number of nitrogens with zero attached hydrogens (tertiary/aromatic N) is 1. The van der Waals surface area contributed by atoms with Gasteiger partial charge in [0.05, 0.1) is 11.3 Å². The lowest BCUT2D eigenvalue weighted by molar-refractivity contribution is 0.0139. The summed E-state index contributed by atoms with van der Waals surface area (Å²) >= 11 is 0. The van der Waals surface area contributed by atoms with Crippen molar-refractivity contribution in [3.63, 3.8) is 0 Å². The molecule has 1 heterocycles. The van der Waals surface area contributed by atoms with Gasteiger partial charge in [0.1, 0.15) is 5.76 Å². The molecule has 0 saturated carbocycles. The van der Waals surface area contributed by atoms with Crippen molar-refractivity contribution >= 4 is 0 Å². The van der Waals surface area contributed by atoms with Crippen LogP contribution in [0, 0.1) is 19.8 Å². The fourth-order valence-corrected chi connectivity index (χ4v) is 1.40. The lowest BCUT2D eigenvalue weighted by Crippen LogP contribution is -2.42. The van der Waals surface area contributed by atoms with E-state index in [1.54, 1.807) is 0 Å². The normalized spacial score (nSPS) is 15.4. The van der Waals surface area contributed by atoms with Gasteiger partial charge in [0.2, 0.25) is 0 Å². The third-order valence-electron chi connectivity index (χ3n) is 3.21. The van der Waals surface area contributed by atoms with Crippen LogP contribution in [0.4, 0.5) is 0 Å². The zero-order chi connectivity index (χ0) is 12.3. The Balaban J connectivity index is 2.48. The molecule has 4 heteroatoms. The fourth-order valence-electron chi connectivity index (χ4n) is 1.40. The van der Waals surface area contributed by atoms with E-state index in [1.165, 1.54) is 0 Å². The summed E-state index contributed by atoms with van der Waals surface area (Å²) in [5.41, 5.74) is 1.31. The Bertz CT molecular complexity index is 323. The van der Waals surface area contributed by atoms with Crippen molar-refractivity contribution in [1.29, 1.82) is 0 Å². The van der Waals surface area contributed by atoms with E-state index in [4.69, 9.17) is 4.52 Å². The van der Waals surface area contributed by atoms with E-state index in [0.29, 0.717) is 13.1 Å². The highest BCUT2D eigenvalue weighted by Gasteiger charge is 2.24. The van der Waals surface area contributed by atoms with Crippen molar-refractivity contribution in [2.75, 3.05) is 6.54 Å². The third-order valence-corrected chi connectivity index (χ3v) is 3.21. The van der Waals surface area contributed by atoms with Crippen LogP contribution in [0.2, 0.25) is 0 Å². The highest BCUT2D eigenvalue weighted by Crippen LogP contribution is 2.16. The summed E-state index contributed by atoms with van der Waals surface area (Å²) in [4.78, 5) is 0. The number of aliphatic hydroxyl groups is 1. The SMILES string of the molecule is Cc1noc(C)c1CNCC(C)(O)C(C)C. The van der Waals surface area contributed by atoms with Crippen LogP contribution in [0.25, 0.3) is 0 Å². The topological polar surface area (TPSA) is 58.3 Å². The first-order valence-corrected chi connectivity index (χ1v) is 5.69. The highest BCUT2D eigenvalue weighted by atomic mass is 16.5. The van der Waals surface area contributed by atoms with Crippen LogP contribution in [0.5, 0.6) is 0 Å². The van der Waals surface area contributed by atoms with Crippen LogP contribution >= 0.6 is 0 Å². The zero-order valence-electron chi connectivity index (χ0n) is 10.8. The molecule has 0 aromatic carbocycles. The summed E-state index contributed by atoms with van der Waals surface area (Å²) in [7, 11) is 0. The Morgan fingerprint density at radius 1 is 1.44 bits per heavy atom. The molecule has 1 rings (SSSR count). The van der Waals surface area contributed by atoms with Crippen molar-refractivity contribution < 1.29 is 9.63 Å². The van der Waals surface area contributed by atoms with E-state index in [2.05, 4.69) is 10.5 Å². The number of hydrogen-bond acceptors (Lipinski definition) is 4. The van der Waals surface area contributed by atoms with Gasteiger partial charge in [0, 0.05) is 18.7 Å². The molecule has 2 N–H and O–H groups in total. The van der Waals surface area contributed by atoms with Gasteiger partial charge in [0.25, 0.3) is 0 Å². The van der Waals surface area contributed by atoms with Gasteiger partial charge in [-0.25, -0.2) is 0 Å². The van der Waals surface area contributed by atoms with Crippen LogP contribution in [0.15, 0.2) is 4.52 Å². The van der Waals surface area contributed by atoms with E-state index in [-0.39, 0.29) is 5.92 Å². The smallest absolute Gasteiger partial charge is 0.138 e. The lowest BCUT2D eigenvalue weighted by Gasteiger charge is -2.27. The molecule has 1 atom stereocenters. The van der Waals surface area contributed by atoms with Crippen molar-refractivity contribution in [3.8, 4) is 0 Å². The molecule has 0 saturated heterocycles. The quantitative estimate of drug-likeness (QED) is 0.803. The van der Waals surface area contributed by atoms with Crippen LogP contribution in [-0.4, -0.2) is 22.4 Å². The van der Waals surface area contributed by atoms with E-state index < -0.39 is 5.60 Å². The number of rotatable bonds is 5. The molecule has 92 valence electrons. The maximum Gasteiger partial charge on any atom is 0.138 e. The number of aryl methyl sites for hydroxylation is 2. The van der Waals surface area contributed by atoms with Crippen molar-refractivity contribution in [1.82, 2.24) is 10.5 Å². The number of hydrogen-bond donors (Lipinski definition) is 2. The Hall–Kier alpha value is -0.870. The standard InChI is InChI=1S/C12H22N2O2/c1-8(2)12(5,15)7-13-6-11-9(3)14-16-10(11)4/h8,13,15H,6-7H2,1-5H3. The summed E-state index contributed by atoms with van der Waals surface area (Å²) in [6.45, 7) is 10.9. The zero-order valence-corrected chi connectivity index (χ0v) is 10.8. The first kappa shape index (κ1) is 13.2. The van der Waals surface area contributed by atoms with Gasteiger partial charge in [0.15, 0.2) is 0 Å². The average Bonchev–Trinajstić information content (AvgIpc) is 2.48. The summed E-state index contributed by atoms with van der Waals surface area (Å²) in [6.07, 6.45) is 0. The Kier molecular flexibility index (Phi) is 4.10. The predicted molar refractivity (Wildman–Crippen MR) is 63.1 cm³/mol. The van der Waals surface area contributed by atoms with Gasteiger partial charge in [-0.05, 0) is 26.7 Å². The Morgan fingerprint density at radius 3 is 2.50 bits per heavy atom. The van der Waals surface area contributed by atoms with E-state index in [9.17, 15) is 5.11 Å². The van der Waals surface area contributed by atoms with E-state index in [0.717, 1.165) is 17.0 Å². The van der Waals surface area contributed by atoms with Gasteiger partial charge in [-0.1, -0.05) is 19.0 Å². The van der Waals surface area contributed by atoms with Crippen molar-refractivity contribution in [2.45, 2.75) is 46.8 Å². The molecule has 0 aliphatic carbocycles. The van der Waals surface area contributed by atoms with Gasteiger partial charge >= 0.3 is 0 Å². The minimum Gasteiger partial charge on any atom is -0.389 e. The molecule has 0 radical (unpaired) electrons. The fraction of sp³-hybridized carbons (Fsp3) is 0.750. The minimum atomic E-state index is -0.682. The summed E-state index contributed by atoms with van der Waals surface area (Å²) in [5.74, 6) is 1.07. The maximum atomic E-state index is 10.1. The molecule has 1 unspecified atom stereocenters. The molecule has 4 nitrogen and oxygen atoms in total. The Labute approximate surface area is 97.0 Å². The lowest BCUT2D eigenvalue weighted by atomic mass is 9.92. The minimum absolute atomic E-state index is 0.227. The molecule has 16 heavy (non-hydrogen) atoms. The second kappa shape index (κ2) is 4.97. The highest BCUT2D eigenvalue weighted by molar-refractivity contribution is 5.20. The number of aromatic nitrogens is 1. The third kappa shape index (κ3) is 3.06.